The van der Waals surface area contributed by atoms with Crippen LogP contribution in [0.1, 0.15) is 24.2 Å². The van der Waals surface area contributed by atoms with Gasteiger partial charge in [0.2, 0.25) is 0 Å². The van der Waals surface area contributed by atoms with Crippen molar-refractivity contribution in [3.8, 4) is 0 Å². The Morgan fingerprint density at radius 2 is 1.80 bits per heavy atom. The number of amides is 1. The zero-order valence-electron chi connectivity index (χ0n) is 12.4. The van der Waals surface area contributed by atoms with Crippen molar-refractivity contribution in [1.82, 2.24) is 4.90 Å². The van der Waals surface area contributed by atoms with Crippen molar-refractivity contribution in [1.29, 1.82) is 0 Å². The van der Waals surface area contributed by atoms with Gasteiger partial charge in [0.15, 0.2) is 0 Å². The van der Waals surface area contributed by atoms with E-state index in [2.05, 4.69) is 13.8 Å². The Hall–Kier alpha value is -1.87. The zero-order chi connectivity index (χ0) is 14.8. The summed E-state index contributed by atoms with van der Waals surface area (Å²) < 4.78 is 0. The van der Waals surface area contributed by atoms with Gasteiger partial charge in [-0.25, -0.2) is 0 Å². The van der Waals surface area contributed by atoms with Crippen LogP contribution in [-0.2, 0) is 0 Å². The first kappa shape index (κ1) is 14.5. The highest BCUT2D eigenvalue weighted by Gasteiger charge is 2.21. The van der Waals surface area contributed by atoms with Crippen LogP contribution in [-0.4, -0.2) is 30.9 Å². The lowest BCUT2D eigenvalue weighted by Gasteiger charge is -2.29. The van der Waals surface area contributed by atoms with Gasteiger partial charge in [0.25, 0.3) is 5.91 Å². The number of hydrogen-bond donors (Lipinski definition) is 1. The first-order valence-corrected chi connectivity index (χ1v) is 6.87. The van der Waals surface area contributed by atoms with Crippen molar-refractivity contribution in [3.05, 3.63) is 48.0 Å². The van der Waals surface area contributed by atoms with Crippen molar-refractivity contribution < 1.29 is 4.79 Å². The summed E-state index contributed by atoms with van der Waals surface area (Å²) in [5, 5.41) is 2.24. The van der Waals surface area contributed by atoms with Crippen LogP contribution in [0.25, 0.3) is 10.8 Å². The second kappa shape index (κ2) is 5.63. The second-order valence-electron chi connectivity index (χ2n) is 6.09. The number of fused-ring (bicyclic) bond motifs is 1. The minimum Gasteiger partial charge on any atom is -0.341 e. The van der Waals surface area contributed by atoms with E-state index in [0.29, 0.717) is 13.1 Å². The van der Waals surface area contributed by atoms with E-state index in [9.17, 15) is 4.79 Å². The molecule has 1 amide bonds. The van der Waals surface area contributed by atoms with Gasteiger partial charge < -0.3 is 10.6 Å². The van der Waals surface area contributed by atoms with Gasteiger partial charge in [-0.2, -0.15) is 0 Å². The molecule has 0 aromatic heterocycles. The molecule has 0 bridgehead atoms. The molecule has 2 rings (SSSR count). The molecule has 0 aliphatic heterocycles. The predicted molar refractivity (Wildman–Crippen MR) is 83.7 cm³/mol. The van der Waals surface area contributed by atoms with E-state index in [4.69, 9.17) is 5.73 Å². The summed E-state index contributed by atoms with van der Waals surface area (Å²) in [4.78, 5) is 14.2. The summed E-state index contributed by atoms with van der Waals surface area (Å²) in [6.07, 6.45) is 0. The monoisotopic (exact) mass is 270 g/mol. The summed E-state index contributed by atoms with van der Waals surface area (Å²) in [5.41, 5.74) is 6.38. The normalized spacial score (nSPS) is 11.6. The molecule has 106 valence electrons. The van der Waals surface area contributed by atoms with Crippen LogP contribution >= 0.6 is 0 Å². The van der Waals surface area contributed by atoms with E-state index in [1.807, 2.05) is 49.5 Å². The Labute approximate surface area is 120 Å². The zero-order valence-corrected chi connectivity index (χ0v) is 12.4. The molecule has 3 nitrogen and oxygen atoms in total. The van der Waals surface area contributed by atoms with Crippen molar-refractivity contribution in [2.45, 2.75) is 13.8 Å². The molecule has 0 atom stereocenters. The van der Waals surface area contributed by atoms with E-state index in [0.717, 1.165) is 16.3 Å². The van der Waals surface area contributed by atoms with Gasteiger partial charge in [0, 0.05) is 19.2 Å². The molecule has 2 aromatic rings. The van der Waals surface area contributed by atoms with Crippen LogP contribution in [0.5, 0.6) is 0 Å². The average molecular weight is 270 g/mol. The highest BCUT2D eigenvalue weighted by atomic mass is 16.2. The van der Waals surface area contributed by atoms with Crippen LogP contribution in [0.4, 0.5) is 0 Å². The summed E-state index contributed by atoms with van der Waals surface area (Å²) >= 11 is 0. The van der Waals surface area contributed by atoms with E-state index in [1.165, 1.54) is 0 Å². The van der Waals surface area contributed by atoms with Gasteiger partial charge in [0.05, 0.1) is 0 Å². The van der Waals surface area contributed by atoms with Crippen molar-refractivity contribution in [2.75, 3.05) is 20.1 Å². The second-order valence-corrected chi connectivity index (χ2v) is 6.09. The SMILES string of the molecule is CN(CC(C)(C)CN)C(=O)c1ccc2ccccc2c1. The van der Waals surface area contributed by atoms with Gasteiger partial charge in [0.1, 0.15) is 0 Å². The number of carbonyl (C=O) groups is 1. The Bertz CT molecular complexity index is 619. The molecule has 2 aromatic carbocycles. The maximum atomic E-state index is 12.5. The van der Waals surface area contributed by atoms with E-state index >= 15 is 0 Å². The molecule has 2 N–H and O–H groups in total. The molecule has 0 saturated carbocycles. The average Bonchev–Trinajstić information content (AvgIpc) is 2.45. The van der Waals surface area contributed by atoms with Crippen LogP contribution < -0.4 is 5.73 Å². The molecule has 3 heteroatoms. The van der Waals surface area contributed by atoms with Crippen LogP contribution in [0, 0.1) is 5.41 Å². The van der Waals surface area contributed by atoms with Crippen LogP contribution in [0.15, 0.2) is 42.5 Å². The fourth-order valence-electron chi connectivity index (χ4n) is 2.32. The van der Waals surface area contributed by atoms with Gasteiger partial charge >= 0.3 is 0 Å². The Balaban J connectivity index is 2.22. The summed E-state index contributed by atoms with van der Waals surface area (Å²) in [6.45, 7) is 5.34. The van der Waals surface area contributed by atoms with E-state index in [-0.39, 0.29) is 11.3 Å². The Morgan fingerprint density at radius 3 is 2.45 bits per heavy atom. The molecule has 20 heavy (non-hydrogen) atoms. The molecular weight excluding hydrogens is 248 g/mol. The third-order valence-corrected chi connectivity index (χ3v) is 3.56. The minimum atomic E-state index is -0.0682. The quantitative estimate of drug-likeness (QED) is 0.928. The fourth-order valence-corrected chi connectivity index (χ4v) is 2.32. The first-order chi connectivity index (χ1) is 9.43. The maximum absolute atomic E-state index is 12.5. The highest BCUT2D eigenvalue weighted by Crippen LogP contribution is 2.19. The number of carbonyl (C=O) groups excluding carboxylic acids is 1. The smallest absolute Gasteiger partial charge is 0.253 e. The molecule has 0 aliphatic carbocycles. The summed E-state index contributed by atoms with van der Waals surface area (Å²) in [7, 11) is 1.83. The molecule has 0 spiro atoms. The third kappa shape index (κ3) is 3.17. The maximum Gasteiger partial charge on any atom is 0.253 e. The highest BCUT2D eigenvalue weighted by molar-refractivity contribution is 5.98. The molecular formula is C17H22N2O. The van der Waals surface area contributed by atoms with Crippen LogP contribution in [0.2, 0.25) is 0 Å². The van der Waals surface area contributed by atoms with E-state index < -0.39 is 0 Å². The van der Waals surface area contributed by atoms with Gasteiger partial charge in [-0.1, -0.05) is 44.2 Å². The lowest BCUT2D eigenvalue weighted by Crippen LogP contribution is -2.39. The number of nitrogens with zero attached hydrogens (tertiary/aromatic N) is 1. The van der Waals surface area contributed by atoms with Gasteiger partial charge in [-0.05, 0) is 34.9 Å². The van der Waals surface area contributed by atoms with Crippen molar-refractivity contribution in [3.63, 3.8) is 0 Å². The molecule has 0 saturated heterocycles. The largest absolute Gasteiger partial charge is 0.341 e. The molecule has 0 heterocycles. The van der Waals surface area contributed by atoms with Crippen molar-refractivity contribution >= 4 is 16.7 Å². The number of benzene rings is 2. The van der Waals surface area contributed by atoms with Gasteiger partial charge in [-0.3, -0.25) is 4.79 Å². The fraction of sp³-hybridized carbons (Fsp3) is 0.353. The van der Waals surface area contributed by atoms with Crippen molar-refractivity contribution in [2.24, 2.45) is 11.1 Å². The van der Waals surface area contributed by atoms with Crippen LogP contribution in [0.3, 0.4) is 0 Å². The predicted octanol–water partition coefficient (Wildman–Crippen LogP) is 2.90. The number of rotatable bonds is 4. The number of nitrogens with two attached hydrogens (primary N) is 1. The topological polar surface area (TPSA) is 46.3 Å². The summed E-state index contributed by atoms with van der Waals surface area (Å²) in [6, 6.07) is 13.9. The molecule has 0 aliphatic rings. The number of hydrogen-bond acceptors (Lipinski definition) is 2. The lowest BCUT2D eigenvalue weighted by atomic mass is 9.93. The molecule has 0 radical (unpaired) electrons. The summed E-state index contributed by atoms with van der Waals surface area (Å²) in [5.74, 6) is 0.0391. The third-order valence-electron chi connectivity index (χ3n) is 3.56. The Kier molecular flexibility index (Phi) is 4.09. The Morgan fingerprint density at radius 1 is 1.15 bits per heavy atom. The molecule has 0 unspecified atom stereocenters. The van der Waals surface area contributed by atoms with E-state index in [1.54, 1.807) is 4.90 Å². The first-order valence-electron chi connectivity index (χ1n) is 6.87. The van der Waals surface area contributed by atoms with Gasteiger partial charge in [-0.15, -0.1) is 0 Å². The minimum absolute atomic E-state index is 0.0391. The lowest BCUT2D eigenvalue weighted by molar-refractivity contribution is 0.0741. The molecule has 0 fully saturated rings. The standard InChI is InChI=1S/C17H22N2O/c1-17(2,11-18)12-19(3)16(20)15-9-8-13-6-4-5-7-14(13)10-15/h4-10H,11-12,18H2,1-3H3.